The topological polar surface area (TPSA) is 62.3 Å². The van der Waals surface area contributed by atoms with Gasteiger partial charge in [-0.3, -0.25) is 14.6 Å². The zero-order valence-electron chi connectivity index (χ0n) is 19.3. The maximum absolute atomic E-state index is 13.3. The molecule has 1 aliphatic rings. The summed E-state index contributed by atoms with van der Waals surface area (Å²) in [4.78, 5) is 32.2. The molecule has 1 aromatic heterocycles. The van der Waals surface area contributed by atoms with Crippen LogP contribution in [0.3, 0.4) is 0 Å². The molecule has 4 rings (SSSR count). The summed E-state index contributed by atoms with van der Waals surface area (Å²) in [5.41, 5.74) is 3.40. The fourth-order valence-electron chi connectivity index (χ4n) is 4.52. The summed E-state index contributed by atoms with van der Waals surface area (Å²) in [6.45, 7) is 5.06. The quantitative estimate of drug-likeness (QED) is 0.601. The lowest BCUT2D eigenvalue weighted by atomic mass is 9.72. The molecule has 1 aliphatic heterocycles. The van der Waals surface area contributed by atoms with Crippen LogP contribution < -0.4 is 5.32 Å². The van der Waals surface area contributed by atoms with Gasteiger partial charge in [-0.05, 0) is 61.9 Å². The van der Waals surface area contributed by atoms with E-state index in [0.717, 1.165) is 11.1 Å². The summed E-state index contributed by atoms with van der Waals surface area (Å²) in [7, 11) is 0. The van der Waals surface area contributed by atoms with E-state index in [4.69, 9.17) is 0 Å². The number of benzene rings is 2. The molecule has 0 saturated carbocycles. The number of aromatic nitrogens is 1. The molecule has 33 heavy (non-hydrogen) atoms. The molecule has 0 spiro atoms. The highest BCUT2D eigenvalue weighted by molar-refractivity contribution is 5.92. The molecular weight excluding hydrogens is 410 g/mol. The Morgan fingerprint density at radius 1 is 0.909 bits per heavy atom. The molecule has 2 heterocycles. The van der Waals surface area contributed by atoms with E-state index in [1.165, 1.54) is 5.56 Å². The summed E-state index contributed by atoms with van der Waals surface area (Å²) >= 11 is 0. The lowest BCUT2D eigenvalue weighted by molar-refractivity contribution is -0.134. The minimum Gasteiger partial charge on any atom is -0.353 e. The molecular formula is C28H31N3O2. The van der Waals surface area contributed by atoms with E-state index >= 15 is 0 Å². The van der Waals surface area contributed by atoms with Gasteiger partial charge in [0.15, 0.2) is 0 Å². The maximum Gasteiger partial charge on any atom is 0.272 e. The Morgan fingerprint density at radius 3 is 2.15 bits per heavy atom. The van der Waals surface area contributed by atoms with E-state index in [0.29, 0.717) is 38.0 Å². The van der Waals surface area contributed by atoms with Gasteiger partial charge in [-0.2, -0.15) is 0 Å². The van der Waals surface area contributed by atoms with Crippen LogP contribution in [0.4, 0.5) is 0 Å². The number of nitrogens with zero attached hydrogens (tertiary/aromatic N) is 2. The van der Waals surface area contributed by atoms with Crippen LogP contribution in [0, 0.1) is 5.41 Å². The number of carbonyl (C=O) groups is 2. The lowest BCUT2D eigenvalue weighted by Gasteiger charge is -2.41. The molecule has 1 saturated heterocycles. The number of nitrogens with one attached hydrogen (secondary N) is 1. The minimum absolute atomic E-state index is 0.0688. The molecule has 2 aromatic carbocycles. The van der Waals surface area contributed by atoms with Gasteiger partial charge < -0.3 is 10.2 Å². The number of amides is 2. The van der Waals surface area contributed by atoms with E-state index in [9.17, 15) is 9.59 Å². The van der Waals surface area contributed by atoms with Crippen LogP contribution in [0.25, 0.3) is 11.1 Å². The Labute approximate surface area is 195 Å². The van der Waals surface area contributed by atoms with Gasteiger partial charge in [0.2, 0.25) is 5.91 Å². The van der Waals surface area contributed by atoms with Gasteiger partial charge in [0.05, 0.1) is 5.41 Å². The minimum atomic E-state index is -0.528. The van der Waals surface area contributed by atoms with E-state index in [1.54, 1.807) is 18.3 Å². The van der Waals surface area contributed by atoms with Gasteiger partial charge in [-0.25, -0.2) is 0 Å². The summed E-state index contributed by atoms with van der Waals surface area (Å²) in [6.07, 6.45) is 3.55. The van der Waals surface area contributed by atoms with Crippen molar-refractivity contribution in [2.75, 3.05) is 13.1 Å². The average Bonchev–Trinajstić information content (AvgIpc) is 2.85. The van der Waals surface area contributed by atoms with Gasteiger partial charge in [-0.15, -0.1) is 0 Å². The third-order valence-electron chi connectivity index (χ3n) is 6.40. The zero-order valence-corrected chi connectivity index (χ0v) is 19.3. The third-order valence-corrected chi connectivity index (χ3v) is 6.40. The highest BCUT2D eigenvalue weighted by atomic mass is 16.2. The van der Waals surface area contributed by atoms with Crippen molar-refractivity contribution in [2.24, 2.45) is 5.41 Å². The van der Waals surface area contributed by atoms with Crippen molar-refractivity contribution in [2.45, 2.75) is 39.2 Å². The summed E-state index contributed by atoms with van der Waals surface area (Å²) in [5, 5.41) is 3.13. The van der Waals surface area contributed by atoms with E-state index < -0.39 is 5.41 Å². The highest BCUT2D eigenvalue weighted by Gasteiger charge is 2.42. The Bertz CT molecular complexity index is 1070. The molecule has 0 bridgehead atoms. The SMILES string of the molecule is CC(C)NC(=O)C1(Cc2ccc(-c3ccccc3)cc2)CCN(C(=O)c2ccccn2)CC1. The van der Waals surface area contributed by atoms with Crippen molar-refractivity contribution in [1.29, 1.82) is 0 Å². The van der Waals surface area contributed by atoms with Crippen LogP contribution in [-0.2, 0) is 11.2 Å². The van der Waals surface area contributed by atoms with Crippen molar-refractivity contribution in [1.82, 2.24) is 15.2 Å². The predicted octanol–water partition coefficient (Wildman–Crippen LogP) is 4.74. The van der Waals surface area contributed by atoms with Gasteiger partial charge in [0, 0.05) is 25.3 Å². The Kier molecular flexibility index (Phi) is 6.87. The standard InChI is InChI=1S/C28H31N3O2/c1-21(2)30-27(33)28(15-18-31(19-16-28)26(32)25-10-6-7-17-29-25)20-22-11-13-24(14-12-22)23-8-4-3-5-9-23/h3-14,17,21H,15-16,18-20H2,1-2H3,(H,30,33). The molecule has 0 aliphatic carbocycles. The number of piperidine rings is 1. The Morgan fingerprint density at radius 2 is 1.55 bits per heavy atom. The molecule has 0 unspecified atom stereocenters. The largest absolute Gasteiger partial charge is 0.353 e. The maximum atomic E-state index is 13.3. The molecule has 3 aromatic rings. The fraction of sp³-hybridized carbons (Fsp3) is 0.321. The number of rotatable bonds is 6. The second-order valence-corrected chi connectivity index (χ2v) is 9.16. The number of hydrogen-bond donors (Lipinski definition) is 1. The molecule has 1 N–H and O–H groups in total. The van der Waals surface area contributed by atoms with E-state index in [1.807, 2.05) is 43.0 Å². The van der Waals surface area contributed by atoms with Crippen molar-refractivity contribution in [3.8, 4) is 11.1 Å². The third kappa shape index (κ3) is 5.30. The van der Waals surface area contributed by atoms with Crippen molar-refractivity contribution < 1.29 is 9.59 Å². The second-order valence-electron chi connectivity index (χ2n) is 9.16. The fourth-order valence-corrected chi connectivity index (χ4v) is 4.52. The molecule has 2 amide bonds. The monoisotopic (exact) mass is 441 g/mol. The van der Waals surface area contributed by atoms with Crippen LogP contribution in [0.1, 0.15) is 42.7 Å². The first kappa shape index (κ1) is 22.7. The van der Waals surface area contributed by atoms with Gasteiger partial charge in [0.1, 0.15) is 5.69 Å². The number of pyridine rings is 1. The lowest BCUT2D eigenvalue weighted by Crippen LogP contribution is -2.52. The first-order valence-electron chi connectivity index (χ1n) is 11.6. The number of likely N-dealkylation sites (tertiary alicyclic amines) is 1. The van der Waals surface area contributed by atoms with Gasteiger partial charge >= 0.3 is 0 Å². The van der Waals surface area contributed by atoms with E-state index in [2.05, 4.69) is 46.7 Å². The smallest absolute Gasteiger partial charge is 0.272 e. The second kappa shape index (κ2) is 9.99. The summed E-state index contributed by atoms with van der Waals surface area (Å²) in [6, 6.07) is 24.2. The molecule has 1 fully saturated rings. The molecule has 170 valence electrons. The van der Waals surface area contributed by atoms with E-state index in [-0.39, 0.29) is 17.9 Å². The molecule has 5 nitrogen and oxygen atoms in total. The predicted molar refractivity (Wildman–Crippen MR) is 131 cm³/mol. The Hall–Kier alpha value is -3.47. The van der Waals surface area contributed by atoms with Gasteiger partial charge in [-0.1, -0.05) is 60.7 Å². The number of hydrogen-bond acceptors (Lipinski definition) is 3. The van der Waals surface area contributed by atoms with Crippen LogP contribution >= 0.6 is 0 Å². The van der Waals surface area contributed by atoms with Crippen LogP contribution in [0.5, 0.6) is 0 Å². The van der Waals surface area contributed by atoms with Crippen molar-refractivity contribution >= 4 is 11.8 Å². The molecule has 0 radical (unpaired) electrons. The molecule has 0 atom stereocenters. The average molecular weight is 442 g/mol. The van der Waals surface area contributed by atoms with Crippen molar-refractivity contribution in [3.05, 3.63) is 90.3 Å². The van der Waals surface area contributed by atoms with Crippen LogP contribution in [-0.4, -0.2) is 40.8 Å². The summed E-state index contributed by atoms with van der Waals surface area (Å²) < 4.78 is 0. The zero-order chi connectivity index (χ0) is 23.3. The number of carbonyl (C=O) groups excluding carboxylic acids is 2. The summed E-state index contributed by atoms with van der Waals surface area (Å²) in [5.74, 6) is 0.00949. The first-order valence-corrected chi connectivity index (χ1v) is 11.6. The van der Waals surface area contributed by atoms with Gasteiger partial charge in [0.25, 0.3) is 5.91 Å². The van der Waals surface area contributed by atoms with Crippen LogP contribution in [0.15, 0.2) is 79.0 Å². The normalized spacial score (nSPS) is 15.3. The first-order chi connectivity index (χ1) is 16.0. The van der Waals surface area contributed by atoms with Crippen LogP contribution in [0.2, 0.25) is 0 Å². The highest BCUT2D eigenvalue weighted by Crippen LogP contribution is 2.36. The molecule has 5 heteroatoms. The van der Waals surface area contributed by atoms with Crippen molar-refractivity contribution in [3.63, 3.8) is 0 Å². The Balaban J connectivity index is 1.51.